The maximum Gasteiger partial charge on any atom is 0.151 e. The molecule has 7 heteroatoms. The fourth-order valence-corrected chi connectivity index (χ4v) is 2.89. The number of halogens is 3. The number of fused-ring (bicyclic) bond motifs is 3. The van der Waals surface area contributed by atoms with Crippen LogP contribution in [0.5, 0.6) is 0 Å². The van der Waals surface area contributed by atoms with Crippen molar-refractivity contribution in [1.82, 2.24) is 20.1 Å². The number of benzene rings is 1. The molecule has 0 amide bonds. The molecule has 0 aliphatic carbocycles. The first-order valence-corrected chi connectivity index (χ1v) is 6.74. The van der Waals surface area contributed by atoms with Gasteiger partial charge in [-0.2, -0.15) is 5.10 Å². The van der Waals surface area contributed by atoms with Crippen molar-refractivity contribution in [2.75, 3.05) is 0 Å². The van der Waals surface area contributed by atoms with Gasteiger partial charge in [0.1, 0.15) is 16.7 Å². The molecule has 0 unspecified atom stereocenters. The monoisotopic (exact) mass is 306 g/mol. The van der Waals surface area contributed by atoms with Gasteiger partial charge in [-0.05, 0) is 12.1 Å². The van der Waals surface area contributed by atoms with Crippen molar-refractivity contribution in [3.8, 4) is 5.69 Å². The van der Waals surface area contributed by atoms with Gasteiger partial charge in [0.25, 0.3) is 0 Å². The number of nitrogens with zero attached hydrogens (tertiary/aromatic N) is 3. The molecule has 0 fully saturated rings. The van der Waals surface area contributed by atoms with Crippen LogP contribution < -0.4 is 5.32 Å². The lowest BCUT2D eigenvalue weighted by molar-refractivity contribution is 0.575. The zero-order valence-electron chi connectivity index (χ0n) is 10.7. The summed E-state index contributed by atoms with van der Waals surface area (Å²) in [7, 11) is 0. The summed E-state index contributed by atoms with van der Waals surface area (Å²) in [5.74, 6) is -1.30. The summed E-state index contributed by atoms with van der Waals surface area (Å²) in [4.78, 5) is 4.32. The molecule has 0 radical (unpaired) electrons. The van der Waals surface area contributed by atoms with Gasteiger partial charge in [-0.1, -0.05) is 11.6 Å². The Labute approximate surface area is 123 Å². The zero-order chi connectivity index (χ0) is 14.6. The summed E-state index contributed by atoms with van der Waals surface area (Å²) in [5.41, 5.74) is 2.66. The summed E-state index contributed by atoms with van der Waals surface area (Å²) < 4.78 is 28.6. The molecule has 4 nitrogen and oxygen atoms in total. The van der Waals surface area contributed by atoms with Gasteiger partial charge in [-0.25, -0.2) is 18.4 Å². The lowest BCUT2D eigenvalue weighted by Gasteiger charge is -2.08. The van der Waals surface area contributed by atoms with Crippen molar-refractivity contribution in [2.45, 2.75) is 13.1 Å². The maximum absolute atomic E-state index is 14.0. The highest BCUT2D eigenvalue weighted by Crippen LogP contribution is 2.31. The molecular formula is C14H9ClF2N4. The molecule has 0 saturated heterocycles. The summed E-state index contributed by atoms with van der Waals surface area (Å²) in [5, 5.41) is 8.37. The third kappa shape index (κ3) is 1.83. The highest BCUT2D eigenvalue weighted by atomic mass is 35.5. The molecular weight excluding hydrogens is 298 g/mol. The van der Waals surface area contributed by atoms with Crippen LogP contribution >= 0.6 is 11.6 Å². The Morgan fingerprint density at radius 3 is 2.90 bits per heavy atom. The predicted molar refractivity (Wildman–Crippen MR) is 74.3 cm³/mol. The number of rotatable bonds is 1. The average molecular weight is 307 g/mol. The van der Waals surface area contributed by atoms with E-state index < -0.39 is 11.6 Å². The van der Waals surface area contributed by atoms with Crippen molar-refractivity contribution in [3.63, 3.8) is 0 Å². The molecule has 4 rings (SSSR count). The van der Waals surface area contributed by atoms with Crippen molar-refractivity contribution < 1.29 is 8.78 Å². The van der Waals surface area contributed by atoms with E-state index in [0.717, 1.165) is 17.3 Å². The number of hydrogen-bond acceptors (Lipinski definition) is 3. The Balaban J connectivity index is 2.06. The molecule has 21 heavy (non-hydrogen) atoms. The van der Waals surface area contributed by atoms with Crippen LogP contribution in [-0.4, -0.2) is 14.8 Å². The first-order valence-electron chi connectivity index (χ1n) is 6.36. The van der Waals surface area contributed by atoms with E-state index in [-0.39, 0.29) is 5.69 Å². The minimum Gasteiger partial charge on any atom is -0.307 e. The standard InChI is InChI=1S/C14H9ClF2N4/c15-14-9-5-19-21(12-2-1-7(16)3-10(12)17)13(9)8-4-18-6-11(8)20-14/h1-3,5,18H,4,6H2. The first kappa shape index (κ1) is 12.7. The molecule has 0 saturated carbocycles. The van der Waals surface area contributed by atoms with Crippen LogP contribution in [-0.2, 0) is 13.1 Å². The van der Waals surface area contributed by atoms with Crippen LogP contribution in [0.3, 0.4) is 0 Å². The van der Waals surface area contributed by atoms with Crippen molar-refractivity contribution >= 4 is 22.5 Å². The molecule has 1 aliphatic heterocycles. The topological polar surface area (TPSA) is 42.7 Å². The quantitative estimate of drug-likeness (QED) is 0.703. The highest BCUT2D eigenvalue weighted by molar-refractivity contribution is 6.34. The molecule has 1 aliphatic rings. The van der Waals surface area contributed by atoms with Gasteiger partial charge in [-0.15, -0.1) is 0 Å². The van der Waals surface area contributed by atoms with E-state index >= 15 is 0 Å². The SMILES string of the molecule is Fc1ccc(-n2ncc3c(Cl)nc4c(c32)CNC4)c(F)c1. The van der Waals surface area contributed by atoms with E-state index in [9.17, 15) is 8.78 Å². The van der Waals surface area contributed by atoms with Crippen LogP contribution in [0.2, 0.25) is 5.15 Å². The smallest absolute Gasteiger partial charge is 0.151 e. The van der Waals surface area contributed by atoms with Gasteiger partial charge >= 0.3 is 0 Å². The summed E-state index contributed by atoms with van der Waals surface area (Å²) >= 11 is 6.16. The third-order valence-electron chi connectivity index (χ3n) is 3.59. The summed E-state index contributed by atoms with van der Waals surface area (Å²) in [6, 6.07) is 3.40. The second kappa shape index (κ2) is 4.47. The molecule has 0 spiro atoms. The molecule has 106 valence electrons. The van der Waals surface area contributed by atoms with Gasteiger partial charge < -0.3 is 5.32 Å². The molecule has 2 aromatic heterocycles. The Hall–Kier alpha value is -2.05. The second-order valence-electron chi connectivity index (χ2n) is 4.85. The minimum atomic E-state index is -0.673. The molecule has 1 aromatic carbocycles. The normalized spacial score (nSPS) is 13.9. The fourth-order valence-electron chi connectivity index (χ4n) is 2.65. The third-order valence-corrected chi connectivity index (χ3v) is 3.88. The molecule has 0 atom stereocenters. The number of pyridine rings is 1. The van der Waals surface area contributed by atoms with Gasteiger partial charge in [0.2, 0.25) is 0 Å². The molecule has 3 heterocycles. The Kier molecular flexibility index (Phi) is 2.70. The average Bonchev–Trinajstić information content (AvgIpc) is 3.04. The van der Waals surface area contributed by atoms with E-state index in [1.165, 1.54) is 16.8 Å². The van der Waals surface area contributed by atoms with Crippen LogP contribution in [0.1, 0.15) is 11.3 Å². The second-order valence-corrected chi connectivity index (χ2v) is 5.20. The lowest BCUT2D eigenvalue weighted by Crippen LogP contribution is -2.03. The van der Waals surface area contributed by atoms with Crippen molar-refractivity contribution in [3.05, 3.63) is 52.4 Å². The Morgan fingerprint density at radius 1 is 1.24 bits per heavy atom. The highest BCUT2D eigenvalue weighted by Gasteiger charge is 2.22. The summed E-state index contributed by atoms with van der Waals surface area (Å²) in [6.45, 7) is 1.23. The number of hydrogen-bond donors (Lipinski definition) is 1. The van der Waals surface area contributed by atoms with Crippen LogP contribution in [0.15, 0.2) is 24.4 Å². The van der Waals surface area contributed by atoms with Crippen molar-refractivity contribution in [2.24, 2.45) is 0 Å². The Morgan fingerprint density at radius 2 is 2.10 bits per heavy atom. The number of nitrogens with one attached hydrogen (secondary N) is 1. The van der Waals surface area contributed by atoms with E-state index in [4.69, 9.17) is 11.6 Å². The van der Waals surface area contributed by atoms with Crippen molar-refractivity contribution in [1.29, 1.82) is 0 Å². The van der Waals surface area contributed by atoms with E-state index in [2.05, 4.69) is 15.4 Å². The van der Waals surface area contributed by atoms with E-state index in [1.807, 2.05) is 0 Å². The predicted octanol–water partition coefficient (Wildman–Crippen LogP) is 2.96. The molecule has 3 aromatic rings. The van der Waals surface area contributed by atoms with Gasteiger partial charge in [0, 0.05) is 24.7 Å². The maximum atomic E-state index is 14.0. The summed E-state index contributed by atoms with van der Waals surface area (Å²) in [6.07, 6.45) is 1.55. The fraction of sp³-hybridized carbons (Fsp3) is 0.143. The zero-order valence-corrected chi connectivity index (χ0v) is 11.5. The van der Waals surface area contributed by atoms with Crippen LogP contribution in [0.4, 0.5) is 8.78 Å². The van der Waals surface area contributed by atoms with E-state index in [1.54, 1.807) is 6.20 Å². The van der Waals surface area contributed by atoms with E-state index in [0.29, 0.717) is 29.1 Å². The minimum absolute atomic E-state index is 0.183. The molecule has 1 N–H and O–H groups in total. The van der Waals surface area contributed by atoms with Gasteiger partial charge in [-0.3, -0.25) is 0 Å². The number of aromatic nitrogens is 3. The lowest BCUT2D eigenvalue weighted by atomic mass is 10.1. The Bertz CT molecular complexity index is 875. The molecule has 0 bridgehead atoms. The van der Waals surface area contributed by atoms with Gasteiger partial charge in [0.15, 0.2) is 5.82 Å². The van der Waals surface area contributed by atoms with Crippen LogP contribution in [0, 0.1) is 11.6 Å². The van der Waals surface area contributed by atoms with Gasteiger partial charge in [0.05, 0.1) is 22.8 Å². The first-order chi connectivity index (χ1) is 10.1. The largest absolute Gasteiger partial charge is 0.307 e. The van der Waals surface area contributed by atoms with Crippen LogP contribution in [0.25, 0.3) is 16.6 Å².